The third kappa shape index (κ3) is 4.06. The molecule has 6 heteroatoms. The Labute approximate surface area is 147 Å². The molecule has 0 bridgehead atoms. The number of ether oxygens (including phenoxy) is 2. The zero-order chi connectivity index (χ0) is 17.9. The smallest absolute Gasteiger partial charge is 0.305 e. The average Bonchev–Trinajstić information content (AvgIpc) is 3.05. The first-order valence-corrected chi connectivity index (χ1v) is 8.90. The number of benzene rings is 1. The first-order valence-electron chi connectivity index (χ1n) is 8.90. The van der Waals surface area contributed by atoms with Crippen molar-refractivity contribution in [2.75, 3.05) is 7.11 Å². The van der Waals surface area contributed by atoms with Crippen LogP contribution in [0.3, 0.4) is 0 Å². The van der Waals surface area contributed by atoms with Gasteiger partial charge in [-0.05, 0) is 63.1 Å². The molecule has 25 heavy (non-hydrogen) atoms. The molecule has 3 rings (SSSR count). The zero-order valence-corrected chi connectivity index (χ0v) is 14.5. The van der Waals surface area contributed by atoms with Crippen LogP contribution in [0.25, 0.3) is 0 Å². The lowest BCUT2D eigenvalue weighted by Gasteiger charge is -2.41. The Morgan fingerprint density at radius 2 is 1.92 bits per heavy atom. The molecular weight excluding hydrogens is 322 g/mol. The van der Waals surface area contributed by atoms with Crippen molar-refractivity contribution in [2.24, 2.45) is 0 Å². The lowest BCUT2D eigenvalue weighted by molar-refractivity contribution is -0.139. The topological polar surface area (TPSA) is 84.9 Å². The second-order valence-corrected chi connectivity index (χ2v) is 7.05. The van der Waals surface area contributed by atoms with E-state index in [1.165, 1.54) is 0 Å². The van der Waals surface area contributed by atoms with E-state index in [1.807, 2.05) is 0 Å². The Hall–Kier alpha value is -2.24. The quantitative estimate of drug-likeness (QED) is 0.791. The molecule has 1 aromatic rings. The molecule has 2 N–H and O–H groups in total. The maximum atomic E-state index is 12.6. The summed E-state index contributed by atoms with van der Waals surface area (Å²) >= 11 is 0. The van der Waals surface area contributed by atoms with Gasteiger partial charge in [0.05, 0.1) is 25.2 Å². The van der Waals surface area contributed by atoms with Crippen LogP contribution in [-0.2, 0) is 4.79 Å². The highest BCUT2D eigenvalue weighted by Crippen LogP contribution is 2.36. The molecule has 0 aliphatic heterocycles. The van der Waals surface area contributed by atoms with Gasteiger partial charge in [0.1, 0.15) is 0 Å². The second kappa shape index (κ2) is 7.33. The molecule has 0 spiro atoms. The van der Waals surface area contributed by atoms with E-state index in [0.717, 1.165) is 32.1 Å². The number of amides is 1. The maximum absolute atomic E-state index is 12.6. The van der Waals surface area contributed by atoms with Crippen LogP contribution >= 0.6 is 0 Å². The predicted octanol–water partition coefficient (Wildman–Crippen LogP) is 3.14. The van der Waals surface area contributed by atoms with E-state index in [9.17, 15) is 9.59 Å². The fourth-order valence-electron chi connectivity index (χ4n) is 3.65. The SMILES string of the molecule is COc1ccc(C(=O)NC2(CC(=O)O)CCC2)cc1OC1CCCC1. The fourth-order valence-corrected chi connectivity index (χ4v) is 3.65. The Balaban J connectivity index is 1.74. The van der Waals surface area contributed by atoms with Crippen LogP contribution < -0.4 is 14.8 Å². The molecule has 2 aliphatic rings. The van der Waals surface area contributed by atoms with Crippen molar-refractivity contribution in [1.29, 1.82) is 0 Å². The van der Waals surface area contributed by atoms with Gasteiger partial charge in [-0.15, -0.1) is 0 Å². The largest absolute Gasteiger partial charge is 0.493 e. The number of aliphatic carboxylic acids is 1. The van der Waals surface area contributed by atoms with E-state index < -0.39 is 11.5 Å². The Kier molecular flexibility index (Phi) is 5.16. The fraction of sp³-hybridized carbons (Fsp3) is 0.579. The summed E-state index contributed by atoms with van der Waals surface area (Å²) in [6, 6.07) is 5.10. The van der Waals surface area contributed by atoms with Crippen LogP contribution in [0.4, 0.5) is 0 Å². The minimum Gasteiger partial charge on any atom is -0.493 e. The van der Waals surface area contributed by atoms with Gasteiger partial charge >= 0.3 is 5.97 Å². The lowest BCUT2D eigenvalue weighted by Crippen LogP contribution is -2.54. The summed E-state index contributed by atoms with van der Waals surface area (Å²) in [4.78, 5) is 23.7. The van der Waals surface area contributed by atoms with Crippen molar-refractivity contribution in [3.8, 4) is 11.5 Å². The number of rotatable bonds is 7. The highest BCUT2D eigenvalue weighted by Gasteiger charge is 2.40. The molecule has 1 aromatic carbocycles. The molecule has 1 amide bonds. The third-order valence-corrected chi connectivity index (χ3v) is 5.20. The summed E-state index contributed by atoms with van der Waals surface area (Å²) in [5.74, 6) is 0.0233. The van der Waals surface area contributed by atoms with Crippen molar-refractivity contribution in [1.82, 2.24) is 5.32 Å². The number of nitrogens with one attached hydrogen (secondary N) is 1. The molecule has 136 valence electrons. The van der Waals surface area contributed by atoms with Crippen molar-refractivity contribution in [3.63, 3.8) is 0 Å². The number of hydrogen-bond acceptors (Lipinski definition) is 4. The van der Waals surface area contributed by atoms with Gasteiger partial charge in [-0.1, -0.05) is 0 Å². The van der Waals surface area contributed by atoms with Crippen LogP contribution in [0.5, 0.6) is 11.5 Å². The maximum Gasteiger partial charge on any atom is 0.305 e. The highest BCUT2D eigenvalue weighted by molar-refractivity contribution is 5.95. The molecule has 2 fully saturated rings. The summed E-state index contributed by atoms with van der Waals surface area (Å²) in [6.45, 7) is 0. The lowest BCUT2D eigenvalue weighted by atomic mass is 9.74. The zero-order valence-electron chi connectivity index (χ0n) is 14.5. The minimum absolute atomic E-state index is 0.0413. The van der Waals surface area contributed by atoms with Gasteiger partial charge in [-0.2, -0.15) is 0 Å². The number of carboxylic acids is 1. The number of carbonyl (C=O) groups is 2. The predicted molar refractivity (Wildman–Crippen MR) is 92.2 cm³/mol. The van der Waals surface area contributed by atoms with Crippen molar-refractivity contribution in [2.45, 2.75) is 63.0 Å². The Morgan fingerprint density at radius 1 is 1.20 bits per heavy atom. The van der Waals surface area contributed by atoms with Crippen LogP contribution in [0.15, 0.2) is 18.2 Å². The van der Waals surface area contributed by atoms with Crippen molar-refractivity contribution >= 4 is 11.9 Å². The monoisotopic (exact) mass is 347 g/mol. The Morgan fingerprint density at radius 3 is 2.48 bits per heavy atom. The summed E-state index contributed by atoms with van der Waals surface area (Å²) in [7, 11) is 1.58. The molecule has 0 atom stereocenters. The summed E-state index contributed by atoms with van der Waals surface area (Å²) in [5, 5.41) is 12.0. The van der Waals surface area contributed by atoms with Gasteiger partial charge in [0.2, 0.25) is 0 Å². The minimum atomic E-state index is -0.889. The number of carboxylic acid groups (broad SMARTS) is 1. The van der Waals surface area contributed by atoms with E-state index in [2.05, 4.69) is 5.32 Å². The number of carbonyl (C=O) groups excluding carboxylic acids is 1. The van der Waals surface area contributed by atoms with E-state index >= 15 is 0 Å². The molecule has 0 unspecified atom stereocenters. The Bertz CT molecular complexity index is 647. The molecule has 0 aromatic heterocycles. The van der Waals surface area contributed by atoms with E-state index in [0.29, 0.717) is 29.9 Å². The van der Waals surface area contributed by atoms with E-state index in [4.69, 9.17) is 14.6 Å². The van der Waals surface area contributed by atoms with Gasteiger partial charge in [-0.3, -0.25) is 9.59 Å². The number of methoxy groups -OCH3 is 1. The van der Waals surface area contributed by atoms with Gasteiger partial charge < -0.3 is 19.9 Å². The molecule has 2 saturated carbocycles. The van der Waals surface area contributed by atoms with Gasteiger partial charge in [0, 0.05) is 5.56 Å². The van der Waals surface area contributed by atoms with Crippen molar-refractivity contribution < 1.29 is 24.2 Å². The van der Waals surface area contributed by atoms with Crippen LogP contribution in [0.2, 0.25) is 0 Å². The standard InChI is InChI=1S/C19H25NO5/c1-24-15-8-7-13(11-16(15)25-14-5-2-3-6-14)18(23)20-19(9-4-10-19)12-17(21)22/h7-8,11,14H,2-6,9-10,12H2,1H3,(H,20,23)(H,21,22). The van der Waals surface area contributed by atoms with E-state index in [-0.39, 0.29) is 18.4 Å². The highest BCUT2D eigenvalue weighted by atomic mass is 16.5. The molecule has 6 nitrogen and oxygen atoms in total. The molecule has 0 saturated heterocycles. The molecule has 2 aliphatic carbocycles. The van der Waals surface area contributed by atoms with Crippen LogP contribution in [-0.4, -0.2) is 35.7 Å². The summed E-state index contributed by atoms with van der Waals surface area (Å²) in [6.07, 6.45) is 6.81. The van der Waals surface area contributed by atoms with Gasteiger partial charge in [0.25, 0.3) is 5.91 Å². The van der Waals surface area contributed by atoms with Crippen LogP contribution in [0, 0.1) is 0 Å². The summed E-state index contributed by atoms with van der Waals surface area (Å²) in [5.41, 5.74) is -0.152. The van der Waals surface area contributed by atoms with Crippen LogP contribution in [0.1, 0.15) is 61.7 Å². The van der Waals surface area contributed by atoms with Crippen molar-refractivity contribution in [3.05, 3.63) is 23.8 Å². The third-order valence-electron chi connectivity index (χ3n) is 5.20. The average molecular weight is 347 g/mol. The van der Waals surface area contributed by atoms with Gasteiger partial charge in [0.15, 0.2) is 11.5 Å². The first-order chi connectivity index (χ1) is 12.0. The first kappa shape index (κ1) is 17.6. The number of hydrogen-bond donors (Lipinski definition) is 2. The second-order valence-electron chi connectivity index (χ2n) is 7.05. The molecule has 0 heterocycles. The normalized spacial score (nSPS) is 19.1. The van der Waals surface area contributed by atoms with Gasteiger partial charge in [-0.25, -0.2) is 0 Å². The molecular formula is C19H25NO5. The van der Waals surface area contributed by atoms with E-state index in [1.54, 1.807) is 25.3 Å². The summed E-state index contributed by atoms with van der Waals surface area (Å²) < 4.78 is 11.4. The molecule has 0 radical (unpaired) electrons.